The summed E-state index contributed by atoms with van der Waals surface area (Å²) in [5.74, 6) is -0.218. The Bertz CT molecular complexity index is 757. The van der Waals surface area contributed by atoms with Gasteiger partial charge in [-0.3, -0.25) is 4.98 Å². The van der Waals surface area contributed by atoms with Crippen LogP contribution in [0.25, 0.3) is 22.2 Å². The third kappa shape index (κ3) is 1.68. The number of anilines is 1. The van der Waals surface area contributed by atoms with E-state index in [0.717, 1.165) is 22.3 Å². The molecule has 3 nitrogen and oxygen atoms in total. The lowest BCUT2D eigenvalue weighted by atomic mass is 10.1. The van der Waals surface area contributed by atoms with Crippen molar-refractivity contribution in [2.45, 2.75) is 6.92 Å². The van der Waals surface area contributed by atoms with Gasteiger partial charge in [-0.15, -0.1) is 0 Å². The molecule has 0 spiro atoms. The maximum absolute atomic E-state index is 14.0. The molecule has 0 aliphatic carbocycles. The SMILES string of the molecule is Cc1c(-c2ccc(N)cn2)c2cccc(F)c2n1C. The molecule has 0 bridgehead atoms. The molecule has 0 fully saturated rings. The van der Waals surface area contributed by atoms with Gasteiger partial charge in [0.1, 0.15) is 5.82 Å². The number of fused-ring (bicyclic) bond motifs is 1. The number of pyridine rings is 1. The van der Waals surface area contributed by atoms with Crippen molar-refractivity contribution in [3.63, 3.8) is 0 Å². The Labute approximate surface area is 110 Å². The summed E-state index contributed by atoms with van der Waals surface area (Å²) >= 11 is 0. The number of rotatable bonds is 1. The molecule has 0 aliphatic heterocycles. The lowest BCUT2D eigenvalue weighted by Gasteiger charge is -2.02. The van der Waals surface area contributed by atoms with Gasteiger partial charge in [-0.1, -0.05) is 12.1 Å². The molecule has 1 aromatic carbocycles. The maximum atomic E-state index is 14.0. The molecule has 0 aliphatic rings. The Morgan fingerprint density at radius 3 is 2.68 bits per heavy atom. The number of nitrogen functional groups attached to an aromatic ring is 1. The fourth-order valence-corrected chi connectivity index (χ4v) is 2.46. The molecule has 0 saturated carbocycles. The van der Waals surface area contributed by atoms with Crippen molar-refractivity contribution in [2.75, 3.05) is 5.73 Å². The zero-order valence-corrected chi connectivity index (χ0v) is 10.8. The molecule has 0 radical (unpaired) electrons. The van der Waals surface area contributed by atoms with Gasteiger partial charge < -0.3 is 10.3 Å². The highest BCUT2D eigenvalue weighted by Gasteiger charge is 2.16. The molecule has 2 heterocycles. The van der Waals surface area contributed by atoms with E-state index >= 15 is 0 Å². The van der Waals surface area contributed by atoms with Crippen molar-refractivity contribution in [3.8, 4) is 11.3 Å². The highest BCUT2D eigenvalue weighted by molar-refractivity contribution is 5.97. The predicted molar refractivity (Wildman–Crippen MR) is 75.3 cm³/mol. The van der Waals surface area contributed by atoms with Gasteiger partial charge in [0, 0.05) is 23.7 Å². The summed E-state index contributed by atoms with van der Waals surface area (Å²) in [6.45, 7) is 1.97. The van der Waals surface area contributed by atoms with Crippen LogP contribution in [0.3, 0.4) is 0 Å². The van der Waals surface area contributed by atoms with Crippen LogP contribution < -0.4 is 5.73 Å². The second kappa shape index (κ2) is 4.09. The van der Waals surface area contributed by atoms with Crippen LogP contribution in [0.5, 0.6) is 0 Å². The molecular weight excluding hydrogens is 241 g/mol. The molecular formula is C15H14FN3. The highest BCUT2D eigenvalue weighted by atomic mass is 19.1. The summed E-state index contributed by atoms with van der Waals surface area (Å²) in [5.41, 5.74) is 9.63. The van der Waals surface area contributed by atoms with Crippen LogP contribution in [0, 0.1) is 12.7 Å². The standard InChI is InChI=1S/C15H14FN3/c1-9-14(13-7-6-10(17)8-18-13)11-4-3-5-12(16)15(11)19(9)2/h3-8H,17H2,1-2H3. The van der Waals surface area contributed by atoms with E-state index in [1.807, 2.05) is 30.7 Å². The number of aryl methyl sites for hydroxylation is 1. The molecule has 0 unspecified atom stereocenters. The van der Waals surface area contributed by atoms with Gasteiger partial charge in [0.15, 0.2) is 0 Å². The smallest absolute Gasteiger partial charge is 0.147 e. The fourth-order valence-electron chi connectivity index (χ4n) is 2.46. The van der Waals surface area contributed by atoms with Crippen LogP contribution in [0.1, 0.15) is 5.69 Å². The van der Waals surface area contributed by atoms with E-state index in [4.69, 9.17) is 5.73 Å². The van der Waals surface area contributed by atoms with Crippen LogP contribution >= 0.6 is 0 Å². The summed E-state index contributed by atoms with van der Waals surface area (Å²) in [6.07, 6.45) is 1.62. The maximum Gasteiger partial charge on any atom is 0.147 e. The first-order valence-electron chi connectivity index (χ1n) is 6.05. The van der Waals surface area contributed by atoms with Crippen LogP contribution in [0.2, 0.25) is 0 Å². The van der Waals surface area contributed by atoms with E-state index in [9.17, 15) is 4.39 Å². The van der Waals surface area contributed by atoms with Gasteiger partial charge in [-0.05, 0) is 25.1 Å². The average Bonchev–Trinajstić information content (AvgIpc) is 2.65. The number of hydrogen-bond donors (Lipinski definition) is 1. The van der Waals surface area contributed by atoms with E-state index in [1.54, 1.807) is 18.3 Å². The lowest BCUT2D eigenvalue weighted by Crippen LogP contribution is -1.93. The monoisotopic (exact) mass is 255 g/mol. The Morgan fingerprint density at radius 1 is 1.21 bits per heavy atom. The first-order valence-corrected chi connectivity index (χ1v) is 6.05. The lowest BCUT2D eigenvalue weighted by molar-refractivity contribution is 0.631. The number of hydrogen-bond acceptors (Lipinski definition) is 2. The Hall–Kier alpha value is -2.36. The molecule has 2 aromatic heterocycles. The van der Waals surface area contributed by atoms with Crippen molar-refractivity contribution in [1.82, 2.24) is 9.55 Å². The fraction of sp³-hybridized carbons (Fsp3) is 0.133. The Balaban J connectivity index is 2.38. The summed E-state index contributed by atoms with van der Waals surface area (Å²) < 4.78 is 15.8. The normalized spacial score (nSPS) is 11.1. The molecule has 3 aromatic rings. The van der Waals surface area contributed by atoms with Crippen molar-refractivity contribution in [1.29, 1.82) is 0 Å². The van der Waals surface area contributed by atoms with E-state index < -0.39 is 0 Å². The molecule has 19 heavy (non-hydrogen) atoms. The van der Waals surface area contributed by atoms with Crippen LogP contribution in [-0.4, -0.2) is 9.55 Å². The summed E-state index contributed by atoms with van der Waals surface area (Å²) in [4.78, 5) is 4.34. The molecule has 3 rings (SSSR count). The van der Waals surface area contributed by atoms with Gasteiger partial charge in [0.05, 0.1) is 23.1 Å². The molecule has 4 heteroatoms. The third-order valence-corrected chi connectivity index (χ3v) is 3.50. The van der Waals surface area contributed by atoms with E-state index in [0.29, 0.717) is 11.2 Å². The molecule has 0 saturated heterocycles. The number of nitrogens with two attached hydrogens (primary N) is 1. The van der Waals surface area contributed by atoms with Gasteiger partial charge >= 0.3 is 0 Å². The zero-order chi connectivity index (χ0) is 13.6. The zero-order valence-electron chi connectivity index (χ0n) is 10.8. The van der Waals surface area contributed by atoms with Gasteiger partial charge in [0.2, 0.25) is 0 Å². The Morgan fingerprint density at radius 2 is 2.00 bits per heavy atom. The van der Waals surface area contributed by atoms with Crippen molar-refractivity contribution < 1.29 is 4.39 Å². The first kappa shape index (κ1) is 11.7. The van der Waals surface area contributed by atoms with Crippen LogP contribution in [0.4, 0.5) is 10.1 Å². The van der Waals surface area contributed by atoms with Gasteiger partial charge in [-0.2, -0.15) is 0 Å². The number of benzene rings is 1. The van der Waals surface area contributed by atoms with Gasteiger partial charge in [-0.25, -0.2) is 4.39 Å². The molecule has 96 valence electrons. The number of halogens is 1. The quantitative estimate of drug-likeness (QED) is 0.725. The van der Waals surface area contributed by atoms with Crippen molar-refractivity contribution >= 4 is 16.6 Å². The largest absolute Gasteiger partial charge is 0.397 e. The molecule has 0 atom stereocenters. The van der Waals surface area contributed by atoms with E-state index in [1.165, 1.54) is 6.07 Å². The topological polar surface area (TPSA) is 43.8 Å². The highest BCUT2D eigenvalue weighted by Crippen LogP contribution is 2.34. The van der Waals surface area contributed by atoms with Crippen molar-refractivity contribution in [3.05, 3.63) is 48.0 Å². The van der Waals surface area contributed by atoms with Gasteiger partial charge in [0.25, 0.3) is 0 Å². The van der Waals surface area contributed by atoms with E-state index in [2.05, 4.69) is 4.98 Å². The second-order valence-corrected chi connectivity index (χ2v) is 4.63. The minimum atomic E-state index is -0.218. The average molecular weight is 255 g/mol. The summed E-state index contributed by atoms with van der Waals surface area (Å²) in [5, 5.41) is 0.872. The van der Waals surface area contributed by atoms with E-state index in [-0.39, 0.29) is 5.82 Å². The van der Waals surface area contributed by atoms with Crippen LogP contribution in [0.15, 0.2) is 36.5 Å². The number of nitrogens with zero attached hydrogens (tertiary/aromatic N) is 2. The third-order valence-electron chi connectivity index (χ3n) is 3.50. The molecule has 2 N–H and O–H groups in total. The summed E-state index contributed by atoms with van der Waals surface area (Å²) in [7, 11) is 1.86. The Kier molecular flexibility index (Phi) is 2.52. The minimum absolute atomic E-state index is 0.218. The number of aromatic nitrogens is 2. The van der Waals surface area contributed by atoms with Crippen molar-refractivity contribution in [2.24, 2.45) is 7.05 Å². The summed E-state index contributed by atoms with van der Waals surface area (Å²) in [6, 6.07) is 8.78. The first-order chi connectivity index (χ1) is 9.09. The minimum Gasteiger partial charge on any atom is -0.397 e. The van der Waals surface area contributed by atoms with Crippen LogP contribution in [-0.2, 0) is 7.05 Å². The molecule has 0 amide bonds. The second-order valence-electron chi connectivity index (χ2n) is 4.63. The number of para-hydroxylation sites is 1. The predicted octanol–water partition coefficient (Wildman–Crippen LogP) is 3.27.